The number of hydrogen-bond donors (Lipinski definition) is 2. The Morgan fingerprint density at radius 1 is 1.29 bits per heavy atom. The van der Waals surface area contributed by atoms with E-state index in [9.17, 15) is 4.79 Å². The van der Waals surface area contributed by atoms with E-state index in [1.165, 1.54) is 17.7 Å². The molecule has 0 saturated heterocycles. The van der Waals surface area contributed by atoms with Crippen molar-refractivity contribution in [2.75, 3.05) is 13.6 Å². The molecule has 3 heterocycles. The lowest BCUT2D eigenvalue weighted by Gasteiger charge is -2.32. The van der Waals surface area contributed by atoms with Gasteiger partial charge < -0.3 is 14.9 Å². The van der Waals surface area contributed by atoms with Gasteiger partial charge in [-0.25, -0.2) is 9.97 Å². The molecule has 0 bridgehead atoms. The molecule has 3 aromatic heterocycles. The summed E-state index contributed by atoms with van der Waals surface area (Å²) in [4.78, 5) is 30.9. The second-order valence-electron chi connectivity index (χ2n) is 8.73. The van der Waals surface area contributed by atoms with Crippen LogP contribution in [-0.2, 0) is 20.0 Å². The minimum absolute atomic E-state index is 0.0542. The third-order valence-corrected chi connectivity index (χ3v) is 6.29. The summed E-state index contributed by atoms with van der Waals surface area (Å²) >= 11 is 0. The summed E-state index contributed by atoms with van der Waals surface area (Å²) in [6, 6.07) is 10.2. The number of aromatic amines is 1. The number of aromatic nitrogens is 5. The number of hydrogen-bond acceptors (Lipinski definition) is 5. The number of H-pyrrole nitrogens is 1. The van der Waals surface area contributed by atoms with Crippen LogP contribution in [0.1, 0.15) is 58.9 Å². The highest BCUT2D eigenvalue weighted by Crippen LogP contribution is 2.33. The number of aryl methyl sites for hydroxylation is 3. The topological polar surface area (TPSA) is 91.7 Å². The quantitative estimate of drug-likeness (QED) is 0.472. The number of amides is 1. The standard InChI is InChI=1S/C22H27N5O.C4H6N2/c1-4-23-22(28)16-10-6-11-17-21(16)27(3)19(25-17)14-26(2)18-12-5-8-15-9-7-13-24-20(15)18;1-4-2-5-3-6-4/h6-7,9-11,13,18H,4-5,8,12,14H2,1-3H3,(H,23,28);2-3H,1H3,(H,5,6). The van der Waals surface area contributed by atoms with Gasteiger partial charge in [-0.15, -0.1) is 0 Å². The Hall–Kier alpha value is -3.52. The van der Waals surface area contributed by atoms with Crippen molar-refractivity contribution in [1.82, 2.24) is 34.7 Å². The van der Waals surface area contributed by atoms with Gasteiger partial charge in [0, 0.05) is 31.7 Å². The van der Waals surface area contributed by atoms with Crippen LogP contribution in [-0.4, -0.2) is 48.9 Å². The molecule has 0 radical (unpaired) electrons. The smallest absolute Gasteiger partial charge is 0.253 e. The maximum Gasteiger partial charge on any atom is 0.253 e. The van der Waals surface area contributed by atoms with Crippen LogP contribution in [0.5, 0.6) is 0 Å². The number of carbonyl (C=O) groups is 1. The lowest BCUT2D eigenvalue weighted by atomic mass is 9.91. The molecule has 5 rings (SSSR count). The Balaban J connectivity index is 0.000000398. The summed E-state index contributed by atoms with van der Waals surface area (Å²) in [5.74, 6) is 0.902. The summed E-state index contributed by atoms with van der Waals surface area (Å²) in [7, 11) is 4.13. The van der Waals surface area contributed by atoms with Gasteiger partial charge in [0.1, 0.15) is 5.82 Å². The van der Waals surface area contributed by atoms with Crippen molar-refractivity contribution in [2.45, 2.75) is 45.7 Å². The van der Waals surface area contributed by atoms with Gasteiger partial charge in [-0.1, -0.05) is 12.1 Å². The second-order valence-corrected chi connectivity index (χ2v) is 8.73. The minimum Gasteiger partial charge on any atom is -0.352 e. The van der Waals surface area contributed by atoms with Gasteiger partial charge in [0.2, 0.25) is 0 Å². The van der Waals surface area contributed by atoms with Gasteiger partial charge in [0.25, 0.3) is 5.91 Å². The van der Waals surface area contributed by atoms with Crippen LogP contribution in [0.15, 0.2) is 49.1 Å². The van der Waals surface area contributed by atoms with Gasteiger partial charge in [-0.05, 0) is 63.9 Å². The van der Waals surface area contributed by atoms with Crippen LogP contribution < -0.4 is 5.32 Å². The highest BCUT2D eigenvalue weighted by atomic mass is 16.1. The van der Waals surface area contributed by atoms with E-state index in [0.29, 0.717) is 24.7 Å². The zero-order valence-corrected chi connectivity index (χ0v) is 20.4. The van der Waals surface area contributed by atoms with Crippen LogP contribution >= 0.6 is 0 Å². The van der Waals surface area contributed by atoms with Crippen molar-refractivity contribution in [2.24, 2.45) is 7.05 Å². The van der Waals surface area contributed by atoms with Gasteiger partial charge in [-0.2, -0.15) is 0 Å². The molecule has 0 saturated carbocycles. The normalized spacial score (nSPS) is 15.0. The van der Waals surface area contributed by atoms with Crippen molar-refractivity contribution in [1.29, 1.82) is 0 Å². The molecule has 1 atom stereocenters. The summed E-state index contributed by atoms with van der Waals surface area (Å²) < 4.78 is 2.05. The number of rotatable bonds is 5. The first-order valence-electron chi connectivity index (χ1n) is 11.8. The monoisotopic (exact) mass is 459 g/mol. The van der Waals surface area contributed by atoms with Crippen molar-refractivity contribution in [3.63, 3.8) is 0 Å². The molecule has 0 aliphatic heterocycles. The number of para-hydroxylation sites is 1. The van der Waals surface area contributed by atoms with Crippen molar-refractivity contribution < 1.29 is 4.79 Å². The molecule has 1 amide bonds. The molecule has 178 valence electrons. The van der Waals surface area contributed by atoms with Gasteiger partial charge in [0.15, 0.2) is 0 Å². The zero-order chi connectivity index (χ0) is 24.1. The summed E-state index contributed by atoms with van der Waals surface area (Å²) in [6.45, 7) is 5.21. The van der Waals surface area contributed by atoms with Crippen LogP contribution in [0.3, 0.4) is 0 Å². The fourth-order valence-electron chi connectivity index (χ4n) is 4.57. The maximum atomic E-state index is 12.5. The number of carbonyl (C=O) groups excluding carboxylic acids is 1. The minimum atomic E-state index is -0.0542. The van der Waals surface area contributed by atoms with E-state index in [2.05, 4.69) is 42.8 Å². The Morgan fingerprint density at radius 3 is 2.85 bits per heavy atom. The molecule has 0 fully saturated rings. The largest absolute Gasteiger partial charge is 0.352 e. The molecule has 2 N–H and O–H groups in total. The first-order chi connectivity index (χ1) is 16.5. The molecule has 1 unspecified atom stereocenters. The predicted molar refractivity (Wildman–Crippen MR) is 133 cm³/mol. The van der Waals surface area contributed by atoms with E-state index in [4.69, 9.17) is 4.98 Å². The maximum absolute atomic E-state index is 12.5. The van der Waals surface area contributed by atoms with E-state index < -0.39 is 0 Å². The van der Waals surface area contributed by atoms with Crippen molar-refractivity contribution in [3.05, 3.63) is 77.4 Å². The summed E-state index contributed by atoms with van der Waals surface area (Å²) in [5, 5.41) is 2.90. The molecule has 1 aromatic carbocycles. The SMILES string of the molecule is CCNC(=O)c1cccc2nc(CN(C)C3CCCc4cccnc43)n(C)c12.Cc1cnc[nH]1. The first-order valence-corrected chi connectivity index (χ1v) is 11.8. The number of nitrogens with zero attached hydrogens (tertiary/aromatic N) is 5. The average Bonchev–Trinajstić information content (AvgIpc) is 3.45. The average molecular weight is 460 g/mol. The Kier molecular flexibility index (Phi) is 7.37. The second kappa shape index (κ2) is 10.6. The van der Waals surface area contributed by atoms with E-state index in [0.717, 1.165) is 35.4 Å². The summed E-state index contributed by atoms with van der Waals surface area (Å²) in [6.07, 6.45) is 8.72. The molecule has 4 aromatic rings. The number of nitrogens with one attached hydrogen (secondary N) is 2. The van der Waals surface area contributed by atoms with E-state index in [1.54, 1.807) is 12.5 Å². The number of pyridine rings is 1. The van der Waals surface area contributed by atoms with E-state index >= 15 is 0 Å². The number of fused-ring (bicyclic) bond motifs is 2. The molecule has 34 heavy (non-hydrogen) atoms. The molecule has 0 spiro atoms. The Bertz CT molecular complexity index is 1250. The first kappa shape index (κ1) is 23.6. The van der Waals surface area contributed by atoms with E-state index in [-0.39, 0.29) is 5.91 Å². The molecular formula is C26H33N7O. The third kappa shape index (κ3) is 5.02. The van der Waals surface area contributed by atoms with Crippen LogP contribution in [0.4, 0.5) is 0 Å². The van der Waals surface area contributed by atoms with Gasteiger partial charge >= 0.3 is 0 Å². The molecule has 8 nitrogen and oxygen atoms in total. The Labute approximate surface area is 200 Å². The molecular weight excluding hydrogens is 426 g/mol. The number of benzene rings is 1. The Morgan fingerprint density at radius 2 is 2.15 bits per heavy atom. The molecule has 1 aliphatic rings. The van der Waals surface area contributed by atoms with Crippen LogP contribution in [0, 0.1) is 6.92 Å². The van der Waals surface area contributed by atoms with Gasteiger partial charge in [-0.3, -0.25) is 14.7 Å². The van der Waals surface area contributed by atoms with Gasteiger partial charge in [0.05, 0.1) is 41.2 Å². The van der Waals surface area contributed by atoms with Crippen LogP contribution in [0.2, 0.25) is 0 Å². The third-order valence-electron chi connectivity index (χ3n) is 6.29. The lowest BCUT2D eigenvalue weighted by Crippen LogP contribution is -2.29. The van der Waals surface area contributed by atoms with E-state index in [1.807, 2.05) is 51.4 Å². The number of imidazole rings is 2. The fourth-order valence-corrected chi connectivity index (χ4v) is 4.57. The molecule has 8 heteroatoms. The van der Waals surface area contributed by atoms with Crippen molar-refractivity contribution >= 4 is 16.9 Å². The fraction of sp³-hybridized carbons (Fsp3) is 0.385. The highest BCUT2D eigenvalue weighted by Gasteiger charge is 2.26. The van der Waals surface area contributed by atoms with Crippen LogP contribution in [0.25, 0.3) is 11.0 Å². The van der Waals surface area contributed by atoms with Crippen molar-refractivity contribution in [3.8, 4) is 0 Å². The lowest BCUT2D eigenvalue weighted by molar-refractivity contribution is 0.0957. The highest BCUT2D eigenvalue weighted by molar-refractivity contribution is 6.05. The predicted octanol–water partition coefficient (Wildman–Crippen LogP) is 3.95. The molecule has 1 aliphatic carbocycles. The summed E-state index contributed by atoms with van der Waals surface area (Å²) in [5.41, 5.74) is 6.07. The zero-order valence-electron chi connectivity index (χ0n) is 20.4.